The van der Waals surface area contributed by atoms with Crippen molar-refractivity contribution in [1.82, 2.24) is 15.1 Å². The number of carbonyl (C=O) groups is 1. The van der Waals surface area contributed by atoms with Crippen molar-refractivity contribution in [3.63, 3.8) is 0 Å². The zero-order valence-electron chi connectivity index (χ0n) is 12.9. The lowest BCUT2D eigenvalue weighted by Crippen LogP contribution is -2.39. The molecule has 2 fully saturated rings. The number of aliphatic hydroxyl groups excluding tert-OH is 1. The van der Waals surface area contributed by atoms with Gasteiger partial charge in [-0.05, 0) is 49.1 Å². The molecular weight excluding hydrogens is 310 g/mol. The molecule has 0 spiro atoms. The van der Waals surface area contributed by atoms with Crippen LogP contribution >= 0.6 is 11.3 Å². The lowest BCUT2D eigenvalue weighted by atomic mass is 9.90. The predicted octanol–water partition coefficient (Wildman–Crippen LogP) is 2.93. The van der Waals surface area contributed by atoms with Crippen LogP contribution in [-0.2, 0) is 0 Å². The van der Waals surface area contributed by atoms with Gasteiger partial charge in [-0.3, -0.25) is 9.89 Å². The third-order valence-electron chi connectivity index (χ3n) is 4.94. The van der Waals surface area contributed by atoms with Crippen molar-refractivity contribution in [3.05, 3.63) is 39.8 Å². The van der Waals surface area contributed by atoms with Crippen molar-refractivity contribution in [2.24, 2.45) is 5.92 Å². The van der Waals surface area contributed by atoms with Crippen LogP contribution in [0.4, 0.5) is 0 Å². The second-order valence-corrected chi connectivity index (χ2v) is 7.55. The molecule has 1 amide bonds. The Bertz CT molecular complexity index is 670. The molecule has 0 bridgehead atoms. The third kappa shape index (κ3) is 3.05. The molecular formula is C17H21N3O2S. The van der Waals surface area contributed by atoms with Crippen LogP contribution in [0.25, 0.3) is 0 Å². The molecule has 2 aromatic heterocycles. The van der Waals surface area contributed by atoms with Gasteiger partial charge in [-0.1, -0.05) is 6.07 Å². The summed E-state index contributed by atoms with van der Waals surface area (Å²) in [5.41, 5.74) is 1.63. The molecule has 6 heteroatoms. The standard InChI is InChI=1S/C17H21N3O2S/c21-16(15-2-1-9-23-15)12-5-7-20(8-6-12)17(22)14-10-13(18-19-14)11-3-4-11/h1-2,9-12,16,21H,3-8H2,(H,18,19). The molecule has 4 rings (SSSR count). The lowest BCUT2D eigenvalue weighted by Gasteiger charge is -2.33. The van der Waals surface area contributed by atoms with Gasteiger partial charge < -0.3 is 10.0 Å². The molecule has 2 N–H and O–H groups in total. The van der Waals surface area contributed by atoms with Crippen molar-refractivity contribution < 1.29 is 9.90 Å². The van der Waals surface area contributed by atoms with E-state index in [1.165, 1.54) is 12.8 Å². The Kier molecular flexibility index (Phi) is 3.95. The lowest BCUT2D eigenvalue weighted by molar-refractivity contribution is 0.0470. The topological polar surface area (TPSA) is 69.2 Å². The van der Waals surface area contributed by atoms with E-state index in [9.17, 15) is 9.90 Å². The summed E-state index contributed by atoms with van der Waals surface area (Å²) in [5.74, 6) is 0.826. The summed E-state index contributed by atoms with van der Waals surface area (Å²) in [5, 5.41) is 19.6. The zero-order chi connectivity index (χ0) is 15.8. The van der Waals surface area contributed by atoms with Crippen LogP contribution in [0.2, 0.25) is 0 Å². The Labute approximate surface area is 139 Å². The fourth-order valence-electron chi connectivity index (χ4n) is 3.32. The number of aromatic amines is 1. The summed E-state index contributed by atoms with van der Waals surface area (Å²) in [4.78, 5) is 15.4. The van der Waals surface area contributed by atoms with E-state index >= 15 is 0 Å². The van der Waals surface area contributed by atoms with Crippen molar-refractivity contribution in [2.45, 2.75) is 37.7 Å². The SMILES string of the molecule is O=C(c1cc(C2CC2)[nH]n1)N1CCC(C(O)c2cccs2)CC1. The number of nitrogens with one attached hydrogen (secondary N) is 1. The van der Waals surface area contributed by atoms with Gasteiger partial charge in [0.15, 0.2) is 0 Å². The maximum atomic E-state index is 12.5. The minimum atomic E-state index is -0.404. The van der Waals surface area contributed by atoms with E-state index in [1.54, 1.807) is 11.3 Å². The smallest absolute Gasteiger partial charge is 0.274 e. The second-order valence-electron chi connectivity index (χ2n) is 6.57. The highest BCUT2D eigenvalue weighted by molar-refractivity contribution is 7.10. The first-order chi connectivity index (χ1) is 11.2. The number of hydrogen-bond donors (Lipinski definition) is 2. The fourth-order valence-corrected chi connectivity index (χ4v) is 4.13. The first-order valence-corrected chi connectivity index (χ1v) is 9.16. The molecule has 2 aliphatic rings. The Balaban J connectivity index is 1.36. The van der Waals surface area contributed by atoms with Crippen LogP contribution in [-0.4, -0.2) is 39.2 Å². The Morgan fingerprint density at radius 2 is 2.13 bits per heavy atom. The van der Waals surface area contributed by atoms with Gasteiger partial charge in [0.05, 0.1) is 6.10 Å². The number of carbonyl (C=O) groups excluding carboxylic acids is 1. The first-order valence-electron chi connectivity index (χ1n) is 8.28. The minimum absolute atomic E-state index is 0.0113. The molecule has 23 heavy (non-hydrogen) atoms. The summed E-state index contributed by atoms with van der Waals surface area (Å²) in [6.45, 7) is 1.38. The Hall–Kier alpha value is -1.66. The third-order valence-corrected chi connectivity index (χ3v) is 5.88. The van der Waals surface area contributed by atoms with Gasteiger partial charge in [0.25, 0.3) is 5.91 Å². The molecule has 5 nitrogen and oxygen atoms in total. The van der Waals surface area contributed by atoms with Crippen molar-refractivity contribution in [3.8, 4) is 0 Å². The van der Waals surface area contributed by atoms with Gasteiger partial charge in [-0.25, -0.2) is 0 Å². The second kappa shape index (κ2) is 6.09. The number of H-pyrrole nitrogens is 1. The monoisotopic (exact) mass is 331 g/mol. The van der Waals surface area contributed by atoms with Crippen molar-refractivity contribution >= 4 is 17.2 Å². The van der Waals surface area contributed by atoms with Crippen molar-refractivity contribution in [2.75, 3.05) is 13.1 Å². The summed E-state index contributed by atoms with van der Waals surface area (Å²) < 4.78 is 0. The van der Waals surface area contributed by atoms with Gasteiger partial charge >= 0.3 is 0 Å². The highest BCUT2D eigenvalue weighted by atomic mass is 32.1. The van der Waals surface area contributed by atoms with Gasteiger partial charge in [0.2, 0.25) is 0 Å². The zero-order valence-corrected chi connectivity index (χ0v) is 13.8. The maximum Gasteiger partial charge on any atom is 0.274 e. The molecule has 1 aliphatic carbocycles. The van der Waals surface area contributed by atoms with Gasteiger partial charge in [0.1, 0.15) is 5.69 Å². The van der Waals surface area contributed by atoms with Crippen LogP contribution in [0.15, 0.2) is 23.6 Å². The van der Waals surface area contributed by atoms with E-state index in [2.05, 4.69) is 10.2 Å². The molecule has 3 heterocycles. The molecule has 0 aromatic carbocycles. The van der Waals surface area contributed by atoms with Gasteiger partial charge in [0, 0.05) is 29.6 Å². The van der Waals surface area contributed by atoms with Gasteiger partial charge in [-0.2, -0.15) is 5.10 Å². The molecule has 2 aromatic rings. The van der Waals surface area contributed by atoms with Crippen LogP contribution in [0.1, 0.15) is 58.8 Å². The number of hydrogen-bond acceptors (Lipinski definition) is 4. The van der Waals surface area contributed by atoms with E-state index < -0.39 is 6.10 Å². The van der Waals surface area contributed by atoms with E-state index in [4.69, 9.17) is 0 Å². The number of piperidine rings is 1. The predicted molar refractivity (Wildman–Crippen MR) is 88.5 cm³/mol. The average molecular weight is 331 g/mol. The number of nitrogens with zero attached hydrogens (tertiary/aromatic N) is 2. The number of thiophene rings is 1. The molecule has 0 radical (unpaired) electrons. The molecule has 1 saturated heterocycles. The molecule has 1 aliphatic heterocycles. The Morgan fingerprint density at radius 1 is 1.35 bits per heavy atom. The molecule has 1 unspecified atom stereocenters. The van der Waals surface area contributed by atoms with Crippen LogP contribution in [0, 0.1) is 5.92 Å². The van der Waals surface area contributed by atoms with Crippen LogP contribution in [0.3, 0.4) is 0 Å². The first kappa shape index (κ1) is 14.9. The number of rotatable bonds is 4. The number of amides is 1. The number of likely N-dealkylation sites (tertiary alicyclic amines) is 1. The van der Waals surface area contributed by atoms with Crippen LogP contribution < -0.4 is 0 Å². The van der Waals surface area contributed by atoms with E-state index in [1.807, 2.05) is 28.5 Å². The number of aliphatic hydroxyl groups is 1. The fraction of sp³-hybridized carbons (Fsp3) is 0.529. The quantitative estimate of drug-likeness (QED) is 0.905. The summed E-state index contributed by atoms with van der Waals surface area (Å²) >= 11 is 1.60. The van der Waals surface area contributed by atoms with Gasteiger partial charge in [-0.15, -0.1) is 11.3 Å². The van der Waals surface area contributed by atoms with Crippen LogP contribution in [0.5, 0.6) is 0 Å². The van der Waals surface area contributed by atoms with E-state index in [0.29, 0.717) is 24.7 Å². The van der Waals surface area contributed by atoms with E-state index in [-0.39, 0.29) is 11.8 Å². The molecule has 1 saturated carbocycles. The summed E-state index contributed by atoms with van der Waals surface area (Å²) in [6.07, 6.45) is 3.66. The summed E-state index contributed by atoms with van der Waals surface area (Å²) in [6, 6.07) is 5.86. The highest BCUT2D eigenvalue weighted by Gasteiger charge is 2.31. The molecule has 1 atom stereocenters. The van der Waals surface area contributed by atoms with E-state index in [0.717, 1.165) is 23.4 Å². The largest absolute Gasteiger partial charge is 0.387 e. The minimum Gasteiger partial charge on any atom is -0.387 e. The average Bonchev–Trinajstić information content (AvgIpc) is 3.10. The molecule has 122 valence electrons. The number of aromatic nitrogens is 2. The maximum absolute atomic E-state index is 12.5. The summed E-state index contributed by atoms with van der Waals surface area (Å²) in [7, 11) is 0. The van der Waals surface area contributed by atoms with Crippen molar-refractivity contribution in [1.29, 1.82) is 0 Å². The highest BCUT2D eigenvalue weighted by Crippen LogP contribution is 2.39. The normalized spacial score (nSPS) is 20.7. The Morgan fingerprint density at radius 3 is 2.78 bits per heavy atom.